The summed E-state index contributed by atoms with van der Waals surface area (Å²) in [4.78, 5) is 41.6. The van der Waals surface area contributed by atoms with Crippen LogP contribution in [0.15, 0.2) is 61.1 Å². The molecule has 0 radical (unpaired) electrons. The number of aromatic nitrogens is 5. The van der Waals surface area contributed by atoms with Crippen LogP contribution >= 0.6 is 0 Å². The molecule has 2 aliphatic rings. The van der Waals surface area contributed by atoms with Crippen LogP contribution in [-0.4, -0.2) is 49.6 Å². The molecule has 0 spiro atoms. The number of benzene rings is 1. The molecular formula is C27H27N7O3. The first-order valence-corrected chi connectivity index (χ1v) is 12.0. The van der Waals surface area contributed by atoms with Crippen molar-refractivity contribution in [2.45, 2.75) is 25.3 Å². The first kappa shape index (κ1) is 22.8. The van der Waals surface area contributed by atoms with Gasteiger partial charge >= 0.3 is 0 Å². The average molecular weight is 498 g/mol. The summed E-state index contributed by atoms with van der Waals surface area (Å²) in [7, 11) is 3.47. The molecule has 1 aliphatic heterocycles. The SMILES string of the molecule is Cc1cnc(C(=O)NC2C(=O)N(C)c3nc(Oc4cnn(C)c4)ccc3C3CC23)nc1-c1ccccc1.[HH]. The fourth-order valence-corrected chi connectivity index (χ4v) is 4.88. The summed E-state index contributed by atoms with van der Waals surface area (Å²) in [6, 6.07) is 12.7. The zero-order valence-corrected chi connectivity index (χ0v) is 20.6. The number of fused-ring (bicyclic) bond motifs is 3. The van der Waals surface area contributed by atoms with Crippen molar-refractivity contribution in [1.82, 2.24) is 30.0 Å². The minimum Gasteiger partial charge on any atom is -0.436 e. The second kappa shape index (κ2) is 8.81. The molecule has 2 amide bonds. The quantitative estimate of drug-likeness (QED) is 0.449. The minimum absolute atomic E-state index is 0. The molecule has 1 fully saturated rings. The van der Waals surface area contributed by atoms with Gasteiger partial charge in [0.2, 0.25) is 11.7 Å². The Morgan fingerprint density at radius 3 is 2.68 bits per heavy atom. The highest BCUT2D eigenvalue weighted by atomic mass is 16.5. The summed E-state index contributed by atoms with van der Waals surface area (Å²) in [5, 5.41) is 7.01. The number of amides is 2. The number of anilines is 1. The monoisotopic (exact) mass is 497 g/mol. The summed E-state index contributed by atoms with van der Waals surface area (Å²) in [6.07, 6.45) is 5.75. The van der Waals surface area contributed by atoms with Crippen molar-refractivity contribution in [1.29, 1.82) is 0 Å². The van der Waals surface area contributed by atoms with Gasteiger partial charge in [-0.2, -0.15) is 10.1 Å². The standard InChI is InChI=1S/C27H25N7O3.H2/c1-15-12-28-24(31-22(15)16-7-5-4-6-8-16)26(35)32-23-20-11-19(20)18-9-10-21(30-25(18)34(3)27(23)36)37-17-13-29-33(2)14-17;/h4-10,12-14,19-20,23H,11H2,1-3H3,(H,32,35);1H. The lowest BCUT2D eigenvalue weighted by Gasteiger charge is -2.23. The number of pyridine rings is 1. The minimum atomic E-state index is -0.704. The van der Waals surface area contributed by atoms with E-state index in [9.17, 15) is 9.59 Å². The molecule has 0 saturated heterocycles. The normalized spacial score (nSPS) is 20.0. The molecule has 4 heterocycles. The van der Waals surface area contributed by atoms with E-state index in [-0.39, 0.29) is 25.0 Å². The Kier molecular flexibility index (Phi) is 5.44. The van der Waals surface area contributed by atoms with Gasteiger partial charge < -0.3 is 10.1 Å². The van der Waals surface area contributed by atoms with E-state index in [1.165, 1.54) is 4.90 Å². The van der Waals surface area contributed by atoms with E-state index in [1.807, 2.05) is 43.3 Å². The van der Waals surface area contributed by atoms with Crippen molar-refractivity contribution in [2.75, 3.05) is 11.9 Å². The van der Waals surface area contributed by atoms with Crippen molar-refractivity contribution in [3.63, 3.8) is 0 Å². The van der Waals surface area contributed by atoms with Gasteiger partial charge in [0.1, 0.15) is 11.9 Å². The molecule has 3 aromatic heterocycles. The number of likely N-dealkylation sites (N-methyl/N-ethyl adjacent to an activating group) is 1. The summed E-state index contributed by atoms with van der Waals surface area (Å²) < 4.78 is 7.46. The van der Waals surface area contributed by atoms with Gasteiger partial charge in [0.25, 0.3) is 11.8 Å². The van der Waals surface area contributed by atoms with Gasteiger partial charge in [0.05, 0.1) is 18.1 Å². The third kappa shape index (κ3) is 4.20. The smallest absolute Gasteiger partial charge is 0.289 e. The number of carbonyl (C=O) groups excluding carboxylic acids is 2. The summed E-state index contributed by atoms with van der Waals surface area (Å²) in [5.41, 5.74) is 3.41. The highest BCUT2D eigenvalue weighted by Gasteiger charge is 2.52. The van der Waals surface area contributed by atoms with Crippen LogP contribution < -0.4 is 15.0 Å². The van der Waals surface area contributed by atoms with Gasteiger partial charge in [-0.3, -0.25) is 19.2 Å². The Morgan fingerprint density at radius 1 is 1.11 bits per heavy atom. The third-order valence-electron chi connectivity index (χ3n) is 6.87. The number of ether oxygens (including phenoxy) is 1. The largest absolute Gasteiger partial charge is 0.436 e. The number of nitrogens with one attached hydrogen (secondary N) is 1. The molecule has 6 rings (SSSR count). The topological polar surface area (TPSA) is 115 Å². The van der Waals surface area contributed by atoms with E-state index >= 15 is 0 Å². The fraction of sp³-hybridized carbons (Fsp3) is 0.259. The van der Waals surface area contributed by atoms with E-state index < -0.39 is 11.9 Å². The Bertz CT molecular complexity index is 1520. The van der Waals surface area contributed by atoms with Crippen molar-refractivity contribution in [3.05, 3.63) is 78.0 Å². The van der Waals surface area contributed by atoms with Crippen LogP contribution in [0.4, 0.5) is 5.82 Å². The van der Waals surface area contributed by atoms with Crippen molar-refractivity contribution in [3.8, 4) is 22.9 Å². The number of nitrogens with zero attached hydrogens (tertiary/aromatic N) is 6. The number of hydrogen-bond donors (Lipinski definition) is 1. The molecule has 3 atom stereocenters. The highest BCUT2D eigenvalue weighted by molar-refractivity contribution is 6.02. The maximum atomic E-state index is 13.5. The maximum absolute atomic E-state index is 13.5. The van der Waals surface area contributed by atoms with Gasteiger partial charge in [0, 0.05) is 33.3 Å². The number of hydrogen-bond acceptors (Lipinski definition) is 7. The highest BCUT2D eigenvalue weighted by Crippen LogP contribution is 2.54. The second-order valence-electron chi connectivity index (χ2n) is 9.46. The second-order valence-corrected chi connectivity index (χ2v) is 9.46. The van der Waals surface area contributed by atoms with Gasteiger partial charge in [-0.25, -0.2) is 9.97 Å². The van der Waals surface area contributed by atoms with Crippen molar-refractivity contribution >= 4 is 17.6 Å². The average Bonchev–Trinajstić information content (AvgIpc) is 3.60. The van der Waals surface area contributed by atoms with Crippen LogP contribution in [0.1, 0.15) is 35.5 Å². The van der Waals surface area contributed by atoms with E-state index in [4.69, 9.17) is 4.74 Å². The Hall–Kier alpha value is -4.60. The van der Waals surface area contributed by atoms with Crippen molar-refractivity contribution in [2.24, 2.45) is 13.0 Å². The number of carbonyl (C=O) groups is 2. The van der Waals surface area contributed by atoms with Gasteiger partial charge in [-0.1, -0.05) is 30.3 Å². The Morgan fingerprint density at radius 2 is 1.92 bits per heavy atom. The number of aryl methyl sites for hydroxylation is 2. The van der Waals surface area contributed by atoms with E-state index in [1.54, 1.807) is 43.4 Å². The molecule has 1 aromatic carbocycles. The van der Waals surface area contributed by atoms with Crippen LogP contribution in [0, 0.1) is 12.8 Å². The third-order valence-corrected chi connectivity index (χ3v) is 6.87. The van der Waals surface area contributed by atoms with E-state index in [0.717, 1.165) is 23.1 Å². The maximum Gasteiger partial charge on any atom is 0.289 e. The molecule has 10 heteroatoms. The first-order chi connectivity index (χ1) is 17.9. The first-order valence-electron chi connectivity index (χ1n) is 12.0. The Labute approximate surface area is 214 Å². The number of rotatable bonds is 5. The van der Waals surface area contributed by atoms with E-state index in [2.05, 4.69) is 25.4 Å². The molecule has 1 saturated carbocycles. The lowest BCUT2D eigenvalue weighted by Crippen LogP contribution is -2.49. The molecule has 1 aliphatic carbocycles. The van der Waals surface area contributed by atoms with Gasteiger partial charge in [0.15, 0.2) is 5.75 Å². The molecule has 1 N–H and O–H groups in total. The molecular weight excluding hydrogens is 470 g/mol. The van der Waals surface area contributed by atoms with E-state index in [0.29, 0.717) is 23.1 Å². The predicted molar refractivity (Wildman–Crippen MR) is 137 cm³/mol. The van der Waals surface area contributed by atoms with Gasteiger partial charge in [-0.15, -0.1) is 0 Å². The van der Waals surface area contributed by atoms with Crippen LogP contribution in [0.5, 0.6) is 11.6 Å². The lowest BCUT2D eigenvalue weighted by atomic mass is 10.1. The molecule has 0 bridgehead atoms. The van der Waals surface area contributed by atoms with Crippen LogP contribution in [0.25, 0.3) is 11.3 Å². The summed E-state index contributed by atoms with van der Waals surface area (Å²) in [5.74, 6) is 0.874. The van der Waals surface area contributed by atoms with Crippen LogP contribution in [0.2, 0.25) is 0 Å². The molecule has 3 unspecified atom stereocenters. The summed E-state index contributed by atoms with van der Waals surface area (Å²) in [6.45, 7) is 1.90. The van der Waals surface area contributed by atoms with Crippen LogP contribution in [0.3, 0.4) is 0 Å². The zero-order chi connectivity index (χ0) is 25.7. The predicted octanol–water partition coefficient (Wildman–Crippen LogP) is 3.50. The summed E-state index contributed by atoms with van der Waals surface area (Å²) >= 11 is 0. The molecule has 4 aromatic rings. The van der Waals surface area contributed by atoms with Crippen LogP contribution in [-0.2, 0) is 11.8 Å². The molecule has 37 heavy (non-hydrogen) atoms. The van der Waals surface area contributed by atoms with Gasteiger partial charge in [-0.05, 0) is 42.4 Å². The zero-order valence-electron chi connectivity index (χ0n) is 20.6. The Balaban J connectivity index is 0.00000294. The fourth-order valence-electron chi connectivity index (χ4n) is 4.88. The molecule has 188 valence electrons. The van der Waals surface area contributed by atoms with Crippen molar-refractivity contribution < 1.29 is 15.8 Å². The molecule has 10 nitrogen and oxygen atoms in total. The lowest BCUT2D eigenvalue weighted by molar-refractivity contribution is -0.120.